The first-order chi connectivity index (χ1) is 8.87. The second-order valence-electron chi connectivity index (χ2n) is 5.87. The lowest BCUT2D eigenvalue weighted by molar-refractivity contribution is -0.151. The molecule has 0 saturated carbocycles. The van der Waals surface area contributed by atoms with Gasteiger partial charge in [-0.05, 0) is 41.0 Å². The fourth-order valence-electron chi connectivity index (χ4n) is 2.00. The standard InChI is InChI=1S/C13H25F3N2O2/c1-9(2)17-12(5,11(19)20)6-7-18(10(3)4)8-13(14,15)16/h9-10,17H,6-8H2,1-5H3,(H,19,20). The lowest BCUT2D eigenvalue weighted by Gasteiger charge is -2.33. The summed E-state index contributed by atoms with van der Waals surface area (Å²) in [5.74, 6) is -1.05. The van der Waals surface area contributed by atoms with E-state index in [-0.39, 0.29) is 25.0 Å². The Morgan fingerprint density at radius 1 is 1.25 bits per heavy atom. The van der Waals surface area contributed by atoms with E-state index < -0.39 is 24.2 Å². The Balaban J connectivity index is 4.76. The SMILES string of the molecule is CC(C)NC(C)(CCN(CC(F)(F)F)C(C)C)C(=O)O. The first-order valence-corrected chi connectivity index (χ1v) is 6.69. The molecule has 7 heteroatoms. The Hall–Kier alpha value is -0.820. The minimum absolute atomic E-state index is 0.0637. The maximum atomic E-state index is 12.5. The van der Waals surface area contributed by atoms with Gasteiger partial charge < -0.3 is 5.11 Å². The van der Waals surface area contributed by atoms with Gasteiger partial charge in [-0.3, -0.25) is 15.0 Å². The third-order valence-corrected chi connectivity index (χ3v) is 3.09. The molecule has 1 unspecified atom stereocenters. The smallest absolute Gasteiger partial charge is 0.401 e. The number of carboxylic acid groups (broad SMARTS) is 1. The average molecular weight is 298 g/mol. The normalized spacial score (nSPS) is 15.9. The first kappa shape index (κ1) is 19.2. The second kappa shape index (κ2) is 7.26. The molecule has 2 N–H and O–H groups in total. The largest absolute Gasteiger partial charge is 0.480 e. The third kappa shape index (κ3) is 7.09. The van der Waals surface area contributed by atoms with Gasteiger partial charge in [0.2, 0.25) is 0 Å². The van der Waals surface area contributed by atoms with Crippen molar-refractivity contribution < 1.29 is 23.1 Å². The molecule has 0 aliphatic heterocycles. The van der Waals surface area contributed by atoms with E-state index in [2.05, 4.69) is 5.32 Å². The summed E-state index contributed by atoms with van der Waals surface area (Å²) in [6.07, 6.45) is -4.18. The lowest BCUT2D eigenvalue weighted by Crippen LogP contribution is -2.54. The zero-order chi connectivity index (χ0) is 16.1. The summed E-state index contributed by atoms with van der Waals surface area (Å²) in [5, 5.41) is 12.2. The highest BCUT2D eigenvalue weighted by Crippen LogP contribution is 2.20. The van der Waals surface area contributed by atoms with Crippen LogP contribution in [-0.2, 0) is 4.79 Å². The van der Waals surface area contributed by atoms with Crippen molar-refractivity contribution in [1.82, 2.24) is 10.2 Å². The fourth-order valence-corrected chi connectivity index (χ4v) is 2.00. The van der Waals surface area contributed by atoms with Crippen molar-refractivity contribution in [3.63, 3.8) is 0 Å². The number of carboxylic acids is 1. The van der Waals surface area contributed by atoms with Crippen molar-refractivity contribution in [2.45, 2.75) is 64.8 Å². The summed E-state index contributed by atoms with van der Waals surface area (Å²) in [7, 11) is 0. The minimum atomic E-state index is -4.28. The molecule has 0 aromatic rings. The molecule has 0 aliphatic carbocycles. The van der Waals surface area contributed by atoms with Crippen LogP contribution in [0.4, 0.5) is 13.2 Å². The second-order valence-corrected chi connectivity index (χ2v) is 5.87. The van der Waals surface area contributed by atoms with Gasteiger partial charge in [0.05, 0.1) is 6.54 Å². The van der Waals surface area contributed by atoms with Crippen LogP contribution in [0.1, 0.15) is 41.0 Å². The summed E-state index contributed by atoms with van der Waals surface area (Å²) >= 11 is 0. The van der Waals surface area contributed by atoms with E-state index in [1.54, 1.807) is 27.7 Å². The number of rotatable bonds is 8. The van der Waals surface area contributed by atoms with E-state index in [4.69, 9.17) is 0 Å². The topological polar surface area (TPSA) is 52.6 Å². The molecule has 0 rings (SSSR count). The van der Waals surface area contributed by atoms with Crippen molar-refractivity contribution in [3.8, 4) is 0 Å². The van der Waals surface area contributed by atoms with Crippen LogP contribution in [0.15, 0.2) is 0 Å². The number of aliphatic carboxylic acids is 1. The zero-order valence-electron chi connectivity index (χ0n) is 12.7. The van der Waals surface area contributed by atoms with Gasteiger partial charge in [-0.1, -0.05) is 0 Å². The number of hydrogen-bond donors (Lipinski definition) is 2. The molecule has 0 aromatic heterocycles. The number of alkyl halides is 3. The predicted octanol–water partition coefficient (Wildman–Crippen LogP) is 2.49. The molecule has 0 fully saturated rings. The summed E-state index contributed by atoms with van der Waals surface area (Å²) in [5.41, 5.74) is -1.23. The van der Waals surface area contributed by atoms with Crippen molar-refractivity contribution >= 4 is 5.97 Å². The molecule has 4 nitrogen and oxygen atoms in total. The molecule has 120 valence electrons. The number of nitrogens with zero attached hydrogens (tertiary/aromatic N) is 1. The Bertz CT molecular complexity index is 319. The first-order valence-electron chi connectivity index (χ1n) is 6.69. The summed E-state index contributed by atoms with van der Waals surface area (Å²) in [6.45, 7) is 7.48. The lowest BCUT2D eigenvalue weighted by atomic mass is 9.96. The minimum Gasteiger partial charge on any atom is -0.480 e. The van der Waals surface area contributed by atoms with Gasteiger partial charge in [0.1, 0.15) is 5.54 Å². The summed E-state index contributed by atoms with van der Waals surface area (Å²) in [6, 6.07) is -0.361. The van der Waals surface area contributed by atoms with Gasteiger partial charge in [-0.25, -0.2) is 0 Å². The molecular formula is C13H25F3N2O2. The molecule has 1 atom stereocenters. The molecule has 0 amide bonds. The van der Waals surface area contributed by atoms with Crippen molar-refractivity contribution in [1.29, 1.82) is 0 Å². The number of nitrogens with one attached hydrogen (secondary N) is 1. The van der Waals surface area contributed by atoms with Crippen molar-refractivity contribution in [2.75, 3.05) is 13.1 Å². The van der Waals surface area contributed by atoms with E-state index in [0.29, 0.717) is 0 Å². The Labute approximate surface area is 118 Å². The van der Waals surface area contributed by atoms with Crippen LogP contribution in [0, 0.1) is 0 Å². The molecule has 0 spiro atoms. The maximum absolute atomic E-state index is 12.5. The number of carbonyl (C=O) groups is 1. The van der Waals surface area contributed by atoms with E-state index in [1.807, 2.05) is 0 Å². The molecule has 0 saturated heterocycles. The fraction of sp³-hybridized carbons (Fsp3) is 0.923. The van der Waals surface area contributed by atoms with Crippen molar-refractivity contribution in [3.05, 3.63) is 0 Å². The Kier molecular flexibility index (Phi) is 6.97. The van der Waals surface area contributed by atoms with Crippen LogP contribution in [0.5, 0.6) is 0 Å². The molecule has 0 bridgehead atoms. The Morgan fingerprint density at radius 2 is 1.75 bits per heavy atom. The molecule has 0 radical (unpaired) electrons. The van der Waals surface area contributed by atoms with E-state index in [1.165, 1.54) is 11.8 Å². The highest BCUT2D eigenvalue weighted by atomic mass is 19.4. The zero-order valence-corrected chi connectivity index (χ0v) is 12.7. The predicted molar refractivity (Wildman–Crippen MR) is 71.7 cm³/mol. The van der Waals surface area contributed by atoms with Crippen LogP contribution < -0.4 is 5.32 Å². The average Bonchev–Trinajstić information content (AvgIpc) is 2.21. The highest BCUT2D eigenvalue weighted by Gasteiger charge is 2.36. The monoisotopic (exact) mass is 298 g/mol. The summed E-state index contributed by atoms with van der Waals surface area (Å²) < 4.78 is 37.4. The van der Waals surface area contributed by atoms with E-state index in [0.717, 1.165) is 0 Å². The van der Waals surface area contributed by atoms with Crippen LogP contribution >= 0.6 is 0 Å². The molecule has 0 aromatic carbocycles. The molecule has 0 aliphatic rings. The van der Waals surface area contributed by atoms with Crippen LogP contribution in [0.3, 0.4) is 0 Å². The Morgan fingerprint density at radius 3 is 2.05 bits per heavy atom. The third-order valence-electron chi connectivity index (χ3n) is 3.09. The van der Waals surface area contributed by atoms with Crippen molar-refractivity contribution in [2.24, 2.45) is 0 Å². The molecule has 0 heterocycles. The number of halogens is 3. The van der Waals surface area contributed by atoms with Crippen LogP contribution in [-0.4, -0.2) is 52.9 Å². The van der Waals surface area contributed by atoms with Gasteiger partial charge >= 0.3 is 12.1 Å². The van der Waals surface area contributed by atoms with Crippen LogP contribution in [0.2, 0.25) is 0 Å². The van der Waals surface area contributed by atoms with Crippen LogP contribution in [0.25, 0.3) is 0 Å². The van der Waals surface area contributed by atoms with E-state index in [9.17, 15) is 23.1 Å². The van der Waals surface area contributed by atoms with Gasteiger partial charge in [0.25, 0.3) is 0 Å². The molecule has 20 heavy (non-hydrogen) atoms. The highest BCUT2D eigenvalue weighted by molar-refractivity contribution is 5.78. The quantitative estimate of drug-likeness (QED) is 0.723. The van der Waals surface area contributed by atoms with Gasteiger partial charge in [0.15, 0.2) is 0 Å². The van der Waals surface area contributed by atoms with Gasteiger partial charge in [-0.15, -0.1) is 0 Å². The summed E-state index contributed by atoms with van der Waals surface area (Å²) in [4.78, 5) is 12.6. The molecular weight excluding hydrogens is 273 g/mol. The van der Waals surface area contributed by atoms with Gasteiger partial charge in [0, 0.05) is 18.6 Å². The number of hydrogen-bond acceptors (Lipinski definition) is 3. The maximum Gasteiger partial charge on any atom is 0.401 e. The van der Waals surface area contributed by atoms with E-state index >= 15 is 0 Å². The van der Waals surface area contributed by atoms with Gasteiger partial charge in [-0.2, -0.15) is 13.2 Å².